The van der Waals surface area contributed by atoms with Gasteiger partial charge in [-0.05, 0) is 19.1 Å². The van der Waals surface area contributed by atoms with E-state index >= 15 is 0 Å². The van der Waals surface area contributed by atoms with Crippen LogP contribution in [0.5, 0.6) is 0 Å². The minimum atomic E-state index is -0.549. The molecule has 0 aliphatic rings. The number of esters is 1. The predicted octanol–water partition coefficient (Wildman–Crippen LogP) is -0.0977. The SMILES string of the molecule is CCOC(=O)CC(=O)NC(=S)N(C)C. The maximum atomic E-state index is 11.1. The van der Waals surface area contributed by atoms with E-state index in [1.165, 1.54) is 0 Å². The monoisotopic (exact) mass is 218 g/mol. The third-order valence-electron chi connectivity index (χ3n) is 1.26. The molecule has 5 nitrogen and oxygen atoms in total. The summed E-state index contributed by atoms with van der Waals surface area (Å²) in [6.07, 6.45) is -0.304. The molecule has 0 heterocycles. The number of nitrogens with zero attached hydrogens (tertiary/aromatic N) is 1. The smallest absolute Gasteiger partial charge is 0.315 e. The van der Waals surface area contributed by atoms with Crippen molar-refractivity contribution in [3.05, 3.63) is 0 Å². The lowest BCUT2D eigenvalue weighted by Crippen LogP contribution is -2.39. The lowest BCUT2D eigenvalue weighted by atomic mass is 10.4. The van der Waals surface area contributed by atoms with E-state index in [0.717, 1.165) is 0 Å². The Morgan fingerprint density at radius 2 is 2.00 bits per heavy atom. The summed E-state index contributed by atoms with van der Waals surface area (Å²) in [4.78, 5) is 23.5. The van der Waals surface area contributed by atoms with Crippen molar-refractivity contribution in [2.45, 2.75) is 13.3 Å². The van der Waals surface area contributed by atoms with Crippen molar-refractivity contribution < 1.29 is 14.3 Å². The van der Waals surface area contributed by atoms with E-state index < -0.39 is 11.9 Å². The standard InChI is InChI=1S/C8H14N2O3S/c1-4-13-7(12)5-6(11)9-8(14)10(2)3/h4-5H2,1-3H3,(H,9,11,14). The molecule has 0 aliphatic carbocycles. The molecule has 0 aromatic heterocycles. The third kappa shape index (κ3) is 5.47. The molecule has 0 radical (unpaired) electrons. The van der Waals surface area contributed by atoms with Gasteiger partial charge in [-0.3, -0.25) is 9.59 Å². The molecule has 14 heavy (non-hydrogen) atoms. The van der Waals surface area contributed by atoms with Gasteiger partial charge in [-0.15, -0.1) is 0 Å². The van der Waals surface area contributed by atoms with Gasteiger partial charge < -0.3 is 15.0 Å². The summed E-state index contributed by atoms with van der Waals surface area (Å²) in [7, 11) is 3.40. The molecule has 0 saturated carbocycles. The van der Waals surface area contributed by atoms with Gasteiger partial charge in [0.1, 0.15) is 6.42 Å². The van der Waals surface area contributed by atoms with Gasteiger partial charge in [0.2, 0.25) is 5.91 Å². The Hall–Kier alpha value is -1.17. The van der Waals surface area contributed by atoms with Gasteiger partial charge in [0, 0.05) is 14.1 Å². The first-order valence-electron chi connectivity index (χ1n) is 4.14. The summed E-state index contributed by atoms with van der Waals surface area (Å²) in [5.74, 6) is -1.01. The van der Waals surface area contributed by atoms with Crippen LogP contribution in [0.1, 0.15) is 13.3 Å². The molecule has 0 rings (SSSR count). The van der Waals surface area contributed by atoms with Crippen LogP contribution in [-0.4, -0.2) is 42.6 Å². The molecule has 6 heteroatoms. The number of carbonyl (C=O) groups is 2. The number of hydrogen-bond acceptors (Lipinski definition) is 4. The zero-order chi connectivity index (χ0) is 11.1. The van der Waals surface area contributed by atoms with E-state index in [-0.39, 0.29) is 18.1 Å². The molecular formula is C8H14N2O3S. The highest BCUT2D eigenvalue weighted by molar-refractivity contribution is 7.80. The van der Waals surface area contributed by atoms with Crippen LogP contribution in [0.2, 0.25) is 0 Å². The van der Waals surface area contributed by atoms with Crippen LogP contribution in [0.4, 0.5) is 0 Å². The van der Waals surface area contributed by atoms with Crippen molar-refractivity contribution in [2.24, 2.45) is 0 Å². The fraction of sp³-hybridized carbons (Fsp3) is 0.625. The van der Waals surface area contributed by atoms with Crippen LogP contribution >= 0.6 is 12.2 Å². The molecule has 1 amide bonds. The van der Waals surface area contributed by atoms with Crippen LogP contribution in [-0.2, 0) is 14.3 Å². The van der Waals surface area contributed by atoms with E-state index in [1.807, 2.05) is 0 Å². The summed E-state index contributed by atoms with van der Waals surface area (Å²) in [5, 5.41) is 2.66. The van der Waals surface area contributed by atoms with Gasteiger partial charge in [0.25, 0.3) is 0 Å². The van der Waals surface area contributed by atoms with Crippen molar-refractivity contribution in [3.8, 4) is 0 Å². The lowest BCUT2D eigenvalue weighted by Gasteiger charge is -2.13. The predicted molar refractivity (Wildman–Crippen MR) is 55.7 cm³/mol. The van der Waals surface area contributed by atoms with E-state index in [9.17, 15) is 9.59 Å². The minimum absolute atomic E-state index is 0.268. The number of amides is 1. The Labute approximate surface area is 88.4 Å². The molecule has 0 aliphatic heterocycles. The second-order valence-corrected chi connectivity index (χ2v) is 3.12. The van der Waals surface area contributed by atoms with Crippen LogP contribution in [0.15, 0.2) is 0 Å². The summed E-state index contributed by atoms with van der Waals surface area (Å²) in [6.45, 7) is 1.95. The minimum Gasteiger partial charge on any atom is -0.466 e. The van der Waals surface area contributed by atoms with Crippen LogP contribution in [0.25, 0.3) is 0 Å². The highest BCUT2D eigenvalue weighted by Crippen LogP contribution is 1.87. The Morgan fingerprint density at radius 3 is 2.43 bits per heavy atom. The summed E-state index contributed by atoms with van der Waals surface area (Å²) in [6, 6.07) is 0. The fourth-order valence-electron chi connectivity index (χ4n) is 0.618. The fourth-order valence-corrected chi connectivity index (χ4v) is 0.732. The Kier molecular flexibility index (Phi) is 5.78. The number of thiocarbonyl (C=S) groups is 1. The zero-order valence-electron chi connectivity index (χ0n) is 8.49. The molecule has 0 spiro atoms. The second-order valence-electron chi connectivity index (χ2n) is 2.73. The van der Waals surface area contributed by atoms with E-state index in [1.54, 1.807) is 25.9 Å². The van der Waals surface area contributed by atoms with E-state index in [4.69, 9.17) is 12.2 Å². The lowest BCUT2D eigenvalue weighted by molar-refractivity contribution is -0.145. The molecule has 1 N–H and O–H groups in total. The molecule has 0 bridgehead atoms. The topological polar surface area (TPSA) is 58.6 Å². The molecular weight excluding hydrogens is 204 g/mol. The van der Waals surface area contributed by atoms with Gasteiger partial charge in [0.05, 0.1) is 6.61 Å². The summed E-state index contributed by atoms with van der Waals surface area (Å²) in [5.41, 5.74) is 0. The number of hydrogen-bond donors (Lipinski definition) is 1. The second kappa shape index (κ2) is 6.31. The highest BCUT2D eigenvalue weighted by Gasteiger charge is 2.11. The first-order valence-corrected chi connectivity index (χ1v) is 4.55. The first kappa shape index (κ1) is 12.8. The van der Waals surface area contributed by atoms with Crippen molar-refractivity contribution >= 4 is 29.2 Å². The van der Waals surface area contributed by atoms with Crippen LogP contribution in [0.3, 0.4) is 0 Å². The Balaban J connectivity index is 3.87. The molecule has 0 aromatic rings. The average Bonchev–Trinajstić information content (AvgIpc) is 2.03. The molecule has 0 atom stereocenters. The molecule has 0 saturated heterocycles. The highest BCUT2D eigenvalue weighted by atomic mass is 32.1. The maximum Gasteiger partial charge on any atom is 0.315 e. The molecule has 0 unspecified atom stereocenters. The normalized spacial score (nSPS) is 9.07. The van der Waals surface area contributed by atoms with Crippen molar-refractivity contribution in [1.82, 2.24) is 10.2 Å². The first-order chi connectivity index (χ1) is 6.47. The largest absolute Gasteiger partial charge is 0.466 e. The molecule has 0 fully saturated rings. The molecule has 0 aromatic carbocycles. The Bertz CT molecular complexity index is 241. The van der Waals surface area contributed by atoms with Crippen molar-refractivity contribution in [3.63, 3.8) is 0 Å². The quantitative estimate of drug-likeness (QED) is 0.407. The molecule has 80 valence electrons. The van der Waals surface area contributed by atoms with Crippen molar-refractivity contribution in [2.75, 3.05) is 20.7 Å². The van der Waals surface area contributed by atoms with Crippen LogP contribution in [0, 0.1) is 0 Å². The van der Waals surface area contributed by atoms with E-state index in [0.29, 0.717) is 0 Å². The summed E-state index contributed by atoms with van der Waals surface area (Å²) >= 11 is 4.81. The third-order valence-corrected chi connectivity index (χ3v) is 1.73. The summed E-state index contributed by atoms with van der Waals surface area (Å²) < 4.78 is 4.60. The number of carbonyl (C=O) groups excluding carboxylic acids is 2. The van der Waals surface area contributed by atoms with Gasteiger partial charge in [-0.25, -0.2) is 0 Å². The van der Waals surface area contributed by atoms with Gasteiger partial charge in [-0.1, -0.05) is 0 Å². The Morgan fingerprint density at radius 1 is 1.43 bits per heavy atom. The number of nitrogens with one attached hydrogen (secondary N) is 1. The van der Waals surface area contributed by atoms with Crippen molar-refractivity contribution in [1.29, 1.82) is 0 Å². The van der Waals surface area contributed by atoms with Gasteiger partial charge in [0.15, 0.2) is 5.11 Å². The van der Waals surface area contributed by atoms with Gasteiger partial charge in [-0.2, -0.15) is 0 Å². The van der Waals surface area contributed by atoms with Gasteiger partial charge >= 0.3 is 5.97 Å². The maximum absolute atomic E-state index is 11.1. The van der Waals surface area contributed by atoms with E-state index in [2.05, 4.69) is 10.1 Å². The number of ether oxygens (including phenoxy) is 1. The number of rotatable bonds is 3. The average molecular weight is 218 g/mol. The zero-order valence-corrected chi connectivity index (χ0v) is 9.31. The van der Waals surface area contributed by atoms with Crippen LogP contribution < -0.4 is 5.32 Å².